The second kappa shape index (κ2) is 12.6. The van der Waals surface area contributed by atoms with E-state index >= 15 is 0 Å². The Bertz CT molecular complexity index is 1480. The molecule has 0 saturated carbocycles. The third kappa shape index (κ3) is 7.05. The molecule has 1 aromatic heterocycles. The molecule has 0 aliphatic carbocycles. The molecule has 1 fully saturated rings. The van der Waals surface area contributed by atoms with Gasteiger partial charge in [-0.1, -0.05) is 29.1 Å². The molecule has 12 nitrogen and oxygen atoms in total. The van der Waals surface area contributed by atoms with Crippen molar-refractivity contribution in [2.75, 3.05) is 11.5 Å². The number of carboxylic acid groups (broad SMARTS) is 1. The number of hydrogen-bond donors (Lipinski definition) is 3. The van der Waals surface area contributed by atoms with Crippen LogP contribution in [0.5, 0.6) is 0 Å². The van der Waals surface area contributed by atoms with Crippen LogP contribution in [0, 0.1) is 0 Å². The molecule has 216 valence electrons. The highest BCUT2D eigenvalue weighted by Crippen LogP contribution is 2.45. The van der Waals surface area contributed by atoms with E-state index in [0.717, 1.165) is 26.7 Å². The number of aliphatic carboxylic acids is 1. The van der Waals surface area contributed by atoms with E-state index in [1.807, 2.05) is 24.3 Å². The van der Waals surface area contributed by atoms with E-state index in [-0.39, 0.29) is 22.2 Å². The molecule has 4 N–H and O–H groups in total. The van der Waals surface area contributed by atoms with Crippen molar-refractivity contribution in [3.63, 3.8) is 0 Å². The number of β-lactam (4-membered cyclic amide) rings is 1. The number of oxime groups is 1. The van der Waals surface area contributed by atoms with Gasteiger partial charge in [-0.2, -0.15) is 0 Å². The number of anilines is 1. The Hall–Kier alpha value is -3.49. The molecule has 2 aliphatic heterocycles. The monoisotopic (exact) mass is 637 g/mol. The third-order valence-electron chi connectivity index (χ3n) is 5.42. The Morgan fingerprint density at radius 2 is 2.05 bits per heavy atom. The number of fused-ring (bicyclic) bond motifs is 1. The molecule has 0 spiro atoms. The molecular formula is C25H24ClN5O7S3. The van der Waals surface area contributed by atoms with Crippen LogP contribution in [0.2, 0.25) is 0 Å². The molecule has 2 aliphatic rings. The first-order valence-electron chi connectivity index (χ1n) is 11.9. The SMILES string of the molecule is CC(C)(C)OC(=C=O)ON=C(C(=O)N[C@@H]1C(=O)N2C(C(=O)O)=C(Sc3ccc(CCl)cc3)CS[C@@H]12)c1csc(N)n1. The van der Waals surface area contributed by atoms with Crippen LogP contribution in [0.25, 0.3) is 0 Å². The van der Waals surface area contributed by atoms with Crippen molar-refractivity contribution < 1.29 is 33.9 Å². The number of nitrogens with one attached hydrogen (secondary N) is 1. The van der Waals surface area contributed by atoms with Gasteiger partial charge >= 0.3 is 11.9 Å². The summed E-state index contributed by atoms with van der Waals surface area (Å²) in [5.41, 5.74) is 5.35. The van der Waals surface area contributed by atoms with Crippen molar-refractivity contribution >= 4 is 81.0 Å². The van der Waals surface area contributed by atoms with Crippen LogP contribution in [-0.4, -0.2) is 67.2 Å². The van der Waals surface area contributed by atoms with Gasteiger partial charge in [0, 0.05) is 26.8 Å². The van der Waals surface area contributed by atoms with Gasteiger partial charge in [0.15, 0.2) is 10.8 Å². The lowest BCUT2D eigenvalue weighted by atomic mass is 10.0. The van der Waals surface area contributed by atoms with Crippen molar-refractivity contribution in [3.05, 3.63) is 57.5 Å². The zero-order valence-electron chi connectivity index (χ0n) is 21.9. The number of alkyl halides is 1. The van der Waals surface area contributed by atoms with Gasteiger partial charge in [0.25, 0.3) is 11.8 Å². The van der Waals surface area contributed by atoms with Gasteiger partial charge in [0.2, 0.25) is 5.94 Å². The molecule has 0 unspecified atom stereocenters. The Morgan fingerprint density at radius 3 is 2.61 bits per heavy atom. The zero-order chi connectivity index (χ0) is 29.9. The van der Waals surface area contributed by atoms with Crippen molar-refractivity contribution in [3.8, 4) is 0 Å². The summed E-state index contributed by atoms with van der Waals surface area (Å²) in [7, 11) is 0. The highest BCUT2D eigenvalue weighted by Gasteiger charge is 2.54. The summed E-state index contributed by atoms with van der Waals surface area (Å²) < 4.78 is 5.31. The summed E-state index contributed by atoms with van der Waals surface area (Å²) in [6.45, 7) is 5.01. The van der Waals surface area contributed by atoms with Crippen molar-refractivity contribution in [1.29, 1.82) is 0 Å². The number of halogens is 1. The predicted molar refractivity (Wildman–Crippen MR) is 156 cm³/mol. The summed E-state index contributed by atoms with van der Waals surface area (Å²) in [5.74, 6) is -1.20. The quantitative estimate of drug-likeness (QED) is 0.0872. The lowest BCUT2D eigenvalue weighted by molar-refractivity contribution is -0.150. The number of aromatic nitrogens is 1. The molecule has 2 amide bonds. The highest BCUT2D eigenvalue weighted by atomic mass is 35.5. The van der Waals surface area contributed by atoms with Crippen LogP contribution in [0.3, 0.4) is 0 Å². The van der Waals surface area contributed by atoms with Crippen LogP contribution in [0.15, 0.2) is 56.2 Å². The fraction of sp³-hybridized carbons (Fsp3) is 0.320. The van der Waals surface area contributed by atoms with E-state index in [1.165, 1.54) is 34.8 Å². The highest BCUT2D eigenvalue weighted by molar-refractivity contribution is 8.06. The van der Waals surface area contributed by atoms with Crippen molar-refractivity contribution in [1.82, 2.24) is 15.2 Å². The number of carbonyl (C=O) groups is 3. The largest absolute Gasteiger partial charge is 0.477 e. The minimum atomic E-state index is -1.26. The standard InChI is InChI=1S/C25H24ClN5O7S3/c1-25(2,3)37-16(9-32)38-30-17(14-10-40-24(27)28-14)20(33)29-18-21(34)31-19(23(35)36)15(11-39-22(18)31)41-13-6-4-12(8-26)5-7-13/h4-7,10,18,22H,8,11H2,1-3H3,(H2,27,28)(H,29,33)(H,35,36)/t18-,22+/m1/s1. The van der Waals surface area contributed by atoms with Crippen LogP contribution in [0.1, 0.15) is 32.0 Å². The van der Waals surface area contributed by atoms with Gasteiger partial charge in [0.05, 0.1) is 0 Å². The van der Waals surface area contributed by atoms with Crippen LogP contribution in [0.4, 0.5) is 5.13 Å². The number of amides is 2. The maximum atomic E-state index is 13.3. The van der Waals surface area contributed by atoms with Gasteiger partial charge in [-0.05, 0) is 38.5 Å². The lowest BCUT2D eigenvalue weighted by Crippen LogP contribution is -2.71. The van der Waals surface area contributed by atoms with Crippen LogP contribution < -0.4 is 11.1 Å². The molecule has 4 rings (SSSR count). The fourth-order valence-corrected chi connectivity index (χ4v) is 6.89. The second-order valence-electron chi connectivity index (χ2n) is 9.52. The van der Waals surface area contributed by atoms with Crippen LogP contribution >= 0.6 is 46.5 Å². The smallest absolute Gasteiger partial charge is 0.397 e. The normalized spacial score (nSPS) is 18.7. The predicted octanol–water partition coefficient (Wildman–Crippen LogP) is 3.16. The molecule has 0 radical (unpaired) electrons. The minimum Gasteiger partial charge on any atom is -0.477 e. The molecule has 16 heteroatoms. The number of carboxylic acids is 1. The molecule has 41 heavy (non-hydrogen) atoms. The molecule has 0 bridgehead atoms. The minimum absolute atomic E-state index is 0.0379. The van der Waals surface area contributed by atoms with Gasteiger partial charge in [-0.25, -0.2) is 14.6 Å². The van der Waals surface area contributed by atoms with E-state index in [9.17, 15) is 24.3 Å². The number of hydrogen-bond acceptors (Lipinski definition) is 12. The van der Waals surface area contributed by atoms with E-state index in [2.05, 4.69) is 15.5 Å². The van der Waals surface area contributed by atoms with Crippen molar-refractivity contribution in [2.24, 2.45) is 5.16 Å². The number of thiazole rings is 1. The first-order valence-corrected chi connectivity index (χ1v) is 15.1. The zero-order valence-corrected chi connectivity index (χ0v) is 25.1. The maximum Gasteiger partial charge on any atom is 0.397 e. The number of nitrogens with zero attached hydrogens (tertiary/aromatic N) is 3. The van der Waals surface area contributed by atoms with E-state index < -0.39 is 40.7 Å². The van der Waals surface area contributed by atoms with Gasteiger partial charge in [0.1, 0.15) is 28.4 Å². The number of carbonyl (C=O) groups excluding carboxylic acids is 3. The molecular weight excluding hydrogens is 614 g/mol. The second-order valence-corrected chi connectivity index (χ2v) is 13.0. The average molecular weight is 638 g/mol. The maximum absolute atomic E-state index is 13.3. The number of ether oxygens (including phenoxy) is 1. The molecule has 1 saturated heterocycles. The Labute approximate surface area is 252 Å². The first kappa shape index (κ1) is 30.5. The fourth-order valence-electron chi connectivity index (χ4n) is 3.69. The summed E-state index contributed by atoms with van der Waals surface area (Å²) in [6, 6.07) is 6.30. The van der Waals surface area contributed by atoms with Gasteiger partial charge in [-0.3, -0.25) is 14.5 Å². The molecule has 2 atom stereocenters. The summed E-state index contributed by atoms with van der Waals surface area (Å²) in [4.78, 5) is 61.4. The number of benzene rings is 1. The van der Waals surface area contributed by atoms with Crippen molar-refractivity contribution in [2.45, 2.75) is 48.6 Å². The van der Waals surface area contributed by atoms with E-state index in [4.69, 9.17) is 26.9 Å². The number of nitrogen functional groups attached to an aromatic ring is 1. The summed E-state index contributed by atoms with van der Waals surface area (Å²) in [5, 5.41) is 17.2. The summed E-state index contributed by atoms with van der Waals surface area (Å²) in [6.07, 6.45) is 0. The van der Waals surface area contributed by atoms with Gasteiger partial charge in [-0.15, -0.1) is 34.7 Å². The topological polar surface area (TPSA) is 174 Å². The Kier molecular flexibility index (Phi) is 9.34. The lowest BCUT2D eigenvalue weighted by Gasteiger charge is -2.49. The van der Waals surface area contributed by atoms with E-state index in [0.29, 0.717) is 16.5 Å². The van der Waals surface area contributed by atoms with Gasteiger partial charge < -0.3 is 25.7 Å². The van der Waals surface area contributed by atoms with Crippen LogP contribution in [-0.2, 0) is 34.6 Å². The Morgan fingerprint density at radius 1 is 1.34 bits per heavy atom. The molecule has 2 aromatic rings. The number of nitrogens with two attached hydrogens (primary N) is 1. The number of rotatable bonds is 10. The third-order valence-corrected chi connectivity index (χ3v) is 8.96. The average Bonchev–Trinajstić information content (AvgIpc) is 3.36. The molecule has 3 heterocycles. The first-order chi connectivity index (χ1) is 19.4. The van der Waals surface area contributed by atoms with E-state index in [1.54, 1.807) is 20.8 Å². The Balaban J connectivity index is 1.53. The summed E-state index contributed by atoms with van der Waals surface area (Å²) >= 11 is 9.44. The number of thioether (sulfide) groups is 2. The molecule has 1 aromatic carbocycles.